The summed E-state index contributed by atoms with van der Waals surface area (Å²) < 4.78 is 16.9. The van der Waals surface area contributed by atoms with Gasteiger partial charge in [0.25, 0.3) is 0 Å². The summed E-state index contributed by atoms with van der Waals surface area (Å²) in [7, 11) is 0. The second-order valence-electron chi connectivity index (χ2n) is 4.68. The molecule has 1 saturated heterocycles. The van der Waals surface area contributed by atoms with Crippen LogP contribution in [0.25, 0.3) is 10.2 Å². The summed E-state index contributed by atoms with van der Waals surface area (Å²) in [6.45, 7) is 2.95. The monoisotopic (exact) mass is 327 g/mol. The van der Waals surface area contributed by atoms with Crippen molar-refractivity contribution in [3.63, 3.8) is 0 Å². The Morgan fingerprint density at radius 3 is 3.14 bits per heavy atom. The molecule has 2 heterocycles. The molecule has 21 heavy (non-hydrogen) atoms. The maximum atomic E-state index is 12.0. The average Bonchev–Trinajstić information content (AvgIpc) is 2.91. The van der Waals surface area contributed by atoms with Crippen LogP contribution in [-0.4, -0.2) is 36.9 Å². The van der Waals surface area contributed by atoms with E-state index in [1.54, 1.807) is 13.0 Å². The van der Waals surface area contributed by atoms with E-state index in [1.807, 2.05) is 12.1 Å². The number of ether oxygens (including phenoxy) is 3. The Bertz CT molecular complexity index is 653. The van der Waals surface area contributed by atoms with Crippen LogP contribution in [0.3, 0.4) is 0 Å². The van der Waals surface area contributed by atoms with Crippen LogP contribution < -0.4 is 0 Å². The number of carbonyl (C=O) groups excluding carboxylic acids is 1. The Labute approximate surface area is 130 Å². The molecule has 0 aliphatic carbocycles. The van der Waals surface area contributed by atoms with E-state index in [4.69, 9.17) is 25.8 Å². The van der Waals surface area contributed by atoms with Gasteiger partial charge in [-0.1, -0.05) is 11.6 Å². The first-order valence-corrected chi connectivity index (χ1v) is 7.79. The lowest BCUT2D eigenvalue weighted by atomic mass is 10.3. The largest absolute Gasteiger partial charge is 0.453 e. The van der Waals surface area contributed by atoms with Gasteiger partial charge in [0.05, 0.1) is 30.0 Å². The van der Waals surface area contributed by atoms with E-state index in [1.165, 1.54) is 11.3 Å². The molecule has 0 bridgehead atoms. The van der Waals surface area contributed by atoms with Crippen LogP contribution in [0, 0.1) is 0 Å². The van der Waals surface area contributed by atoms with Gasteiger partial charge in [-0.05, 0) is 25.1 Å². The summed E-state index contributed by atoms with van der Waals surface area (Å²) in [5, 5.41) is 1.37. The second kappa shape index (κ2) is 6.27. The van der Waals surface area contributed by atoms with Crippen molar-refractivity contribution in [1.82, 2.24) is 4.98 Å². The first kappa shape index (κ1) is 14.7. The van der Waals surface area contributed by atoms with E-state index in [9.17, 15) is 4.79 Å². The molecule has 2 aromatic rings. The topological polar surface area (TPSA) is 57.7 Å². The smallest absolute Gasteiger partial charge is 0.338 e. The van der Waals surface area contributed by atoms with Gasteiger partial charge < -0.3 is 14.2 Å². The van der Waals surface area contributed by atoms with Crippen LogP contribution in [0.5, 0.6) is 0 Å². The minimum Gasteiger partial charge on any atom is -0.453 e. The highest BCUT2D eigenvalue weighted by atomic mass is 35.5. The zero-order chi connectivity index (χ0) is 14.8. The number of nitrogens with zero attached hydrogens (tertiary/aromatic N) is 1. The highest BCUT2D eigenvalue weighted by molar-refractivity contribution is 7.18. The molecule has 0 spiro atoms. The number of fused-ring (bicyclic) bond motifs is 1. The highest BCUT2D eigenvalue weighted by Crippen LogP contribution is 2.30. The summed E-state index contributed by atoms with van der Waals surface area (Å²) in [4.78, 5) is 16.4. The number of hydrogen-bond donors (Lipinski definition) is 0. The van der Waals surface area contributed by atoms with Crippen molar-refractivity contribution in [2.45, 2.75) is 19.1 Å². The van der Waals surface area contributed by atoms with Crippen molar-refractivity contribution in [3.05, 3.63) is 28.2 Å². The van der Waals surface area contributed by atoms with Crippen molar-refractivity contribution in [1.29, 1.82) is 0 Å². The lowest BCUT2D eigenvalue weighted by molar-refractivity contribution is -0.175. The average molecular weight is 328 g/mol. The maximum Gasteiger partial charge on any atom is 0.338 e. The molecule has 1 aromatic heterocycles. The van der Waals surface area contributed by atoms with Gasteiger partial charge in [0.15, 0.2) is 12.2 Å². The number of thiazole rings is 1. The summed E-state index contributed by atoms with van der Waals surface area (Å²) >= 11 is 7.43. The quantitative estimate of drug-likeness (QED) is 0.811. The Morgan fingerprint density at radius 2 is 2.38 bits per heavy atom. The van der Waals surface area contributed by atoms with E-state index >= 15 is 0 Å². The van der Waals surface area contributed by atoms with Crippen molar-refractivity contribution in [2.24, 2.45) is 0 Å². The Hall–Kier alpha value is -1.21. The molecule has 0 radical (unpaired) electrons. The molecule has 7 heteroatoms. The van der Waals surface area contributed by atoms with Crippen LogP contribution in [0.1, 0.15) is 18.0 Å². The first-order valence-electron chi connectivity index (χ1n) is 6.59. The molecule has 1 aliphatic heterocycles. The molecular weight excluding hydrogens is 314 g/mol. The van der Waals surface area contributed by atoms with E-state index in [0.29, 0.717) is 18.2 Å². The molecule has 112 valence electrons. The maximum absolute atomic E-state index is 12.0. The molecule has 0 amide bonds. The fourth-order valence-electron chi connectivity index (χ4n) is 2.02. The first-order chi connectivity index (χ1) is 10.1. The molecule has 2 atom stereocenters. The zero-order valence-corrected chi connectivity index (χ0v) is 12.9. The third-order valence-electron chi connectivity index (χ3n) is 3.09. The van der Waals surface area contributed by atoms with E-state index < -0.39 is 18.2 Å². The van der Waals surface area contributed by atoms with Gasteiger partial charge in [0.1, 0.15) is 5.01 Å². The summed E-state index contributed by atoms with van der Waals surface area (Å²) in [6.07, 6.45) is -1.08. The number of esters is 1. The molecular formula is C14H14ClNO4S. The van der Waals surface area contributed by atoms with Gasteiger partial charge in [-0.15, -0.1) is 11.3 Å². The number of carbonyl (C=O) groups is 1. The van der Waals surface area contributed by atoms with E-state index in [-0.39, 0.29) is 6.61 Å². The molecule has 1 aromatic carbocycles. The molecule has 1 aliphatic rings. The van der Waals surface area contributed by atoms with Gasteiger partial charge in [0.2, 0.25) is 0 Å². The summed E-state index contributed by atoms with van der Waals surface area (Å²) in [6, 6.07) is 5.52. The summed E-state index contributed by atoms with van der Waals surface area (Å²) in [5.41, 5.74) is 0.808. The molecule has 0 N–H and O–H groups in total. The third-order valence-corrected chi connectivity index (χ3v) is 4.52. The van der Waals surface area contributed by atoms with Crippen LogP contribution in [0.4, 0.5) is 0 Å². The predicted molar refractivity (Wildman–Crippen MR) is 79.7 cm³/mol. The minimum absolute atomic E-state index is 0.237. The fraction of sp³-hybridized carbons (Fsp3) is 0.429. The fourth-order valence-corrected chi connectivity index (χ4v) is 3.11. The van der Waals surface area contributed by atoms with Crippen LogP contribution in [-0.2, 0) is 19.0 Å². The van der Waals surface area contributed by atoms with E-state index in [0.717, 1.165) is 15.2 Å². The van der Waals surface area contributed by atoms with Gasteiger partial charge in [-0.25, -0.2) is 9.78 Å². The van der Waals surface area contributed by atoms with Crippen molar-refractivity contribution in [3.8, 4) is 0 Å². The molecule has 0 saturated carbocycles. The SMILES string of the molecule is CC(OC(=O)C1COCCO1)c1nc2cc(Cl)ccc2s1. The standard InChI is InChI=1S/C14H14ClNO4S/c1-8(20-14(17)11-7-18-4-5-19-11)13-16-10-6-9(15)2-3-12(10)21-13/h2-3,6,8,11H,4-5,7H2,1H3. The van der Waals surface area contributed by atoms with Crippen molar-refractivity contribution < 1.29 is 19.0 Å². The van der Waals surface area contributed by atoms with Gasteiger partial charge in [-0.3, -0.25) is 0 Å². The van der Waals surface area contributed by atoms with E-state index in [2.05, 4.69) is 4.98 Å². The normalized spacial score (nSPS) is 20.4. The van der Waals surface area contributed by atoms with Crippen molar-refractivity contribution in [2.75, 3.05) is 19.8 Å². The number of benzene rings is 1. The zero-order valence-electron chi connectivity index (χ0n) is 11.4. The number of halogens is 1. The lowest BCUT2D eigenvalue weighted by Crippen LogP contribution is -2.37. The second-order valence-corrected chi connectivity index (χ2v) is 6.18. The molecule has 3 rings (SSSR count). The lowest BCUT2D eigenvalue weighted by Gasteiger charge is -2.22. The highest BCUT2D eigenvalue weighted by Gasteiger charge is 2.27. The number of hydrogen-bond acceptors (Lipinski definition) is 6. The Morgan fingerprint density at radius 1 is 1.52 bits per heavy atom. The number of rotatable bonds is 3. The molecule has 1 fully saturated rings. The van der Waals surface area contributed by atoms with Crippen LogP contribution in [0.15, 0.2) is 18.2 Å². The Kier molecular flexibility index (Phi) is 4.40. The molecule has 2 unspecified atom stereocenters. The number of aromatic nitrogens is 1. The molecule has 5 nitrogen and oxygen atoms in total. The van der Waals surface area contributed by atoms with Crippen molar-refractivity contribution >= 4 is 39.1 Å². The minimum atomic E-state index is -0.648. The van der Waals surface area contributed by atoms with Crippen LogP contribution in [0.2, 0.25) is 5.02 Å². The van der Waals surface area contributed by atoms with Gasteiger partial charge >= 0.3 is 5.97 Å². The van der Waals surface area contributed by atoms with Gasteiger partial charge in [0, 0.05) is 5.02 Å². The third kappa shape index (κ3) is 3.35. The van der Waals surface area contributed by atoms with Gasteiger partial charge in [-0.2, -0.15) is 0 Å². The van der Waals surface area contributed by atoms with Crippen LogP contribution >= 0.6 is 22.9 Å². The Balaban J connectivity index is 1.71. The summed E-state index contributed by atoms with van der Waals surface area (Å²) in [5.74, 6) is -0.417. The predicted octanol–water partition coefficient (Wildman–Crippen LogP) is 2.97.